The molecule has 0 unspecified atom stereocenters. The van der Waals surface area contributed by atoms with Gasteiger partial charge in [-0.1, -0.05) is 43.7 Å². The van der Waals surface area contributed by atoms with Gasteiger partial charge in [0.1, 0.15) is 6.10 Å². The van der Waals surface area contributed by atoms with Gasteiger partial charge in [-0.15, -0.1) is 0 Å². The summed E-state index contributed by atoms with van der Waals surface area (Å²) in [6.45, 7) is 3.79. The van der Waals surface area contributed by atoms with E-state index >= 15 is 0 Å². The Balaban J connectivity index is 1.91. The first-order valence-corrected chi connectivity index (χ1v) is 5.68. The molecule has 82 valence electrons. The number of hydrogen-bond acceptors (Lipinski definition) is 2. The zero-order valence-corrected chi connectivity index (χ0v) is 9.19. The summed E-state index contributed by atoms with van der Waals surface area (Å²) in [5.41, 5.74) is 1.28. The fourth-order valence-corrected chi connectivity index (χ4v) is 1.66. The minimum Gasteiger partial charge on any atom is -0.371 e. The first-order chi connectivity index (χ1) is 7.40. The molecule has 1 fully saturated rings. The molecule has 0 N–H and O–H groups in total. The van der Waals surface area contributed by atoms with Gasteiger partial charge in [0.05, 0.1) is 19.3 Å². The second-order valence-corrected chi connectivity index (χ2v) is 3.98. The molecule has 2 atom stereocenters. The normalized spacial score (nSPS) is 21.3. The number of ether oxygens (including phenoxy) is 2. The minimum absolute atomic E-state index is 0.236. The van der Waals surface area contributed by atoms with Gasteiger partial charge in [0.25, 0.3) is 0 Å². The highest BCUT2D eigenvalue weighted by molar-refractivity contribution is 5.17. The summed E-state index contributed by atoms with van der Waals surface area (Å²) in [7, 11) is 0. The maximum absolute atomic E-state index is 5.87. The summed E-state index contributed by atoms with van der Waals surface area (Å²) in [6.07, 6.45) is 2.82. The molecule has 0 spiro atoms. The third kappa shape index (κ3) is 3.33. The van der Waals surface area contributed by atoms with Gasteiger partial charge in [-0.3, -0.25) is 0 Å². The van der Waals surface area contributed by atoms with Crippen LogP contribution in [0.3, 0.4) is 0 Å². The molecule has 1 aliphatic rings. The van der Waals surface area contributed by atoms with Gasteiger partial charge in [-0.2, -0.15) is 0 Å². The molecule has 1 aromatic carbocycles. The van der Waals surface area contributed by atoms with Crippen molar-refractivity contribution >= 4 is 0 Å². The molecular weight excluding hydrogens is 188 g/mol. The molecular formula is C13H18O2. The van der Waals surface area contributed by atoms with Crippen LogP contribution in [-0.4, -0.2) is 19.3 Å². The number of hydrogen-bond donors (Lipinski definition) is 0. The quantitative estimate of drug-likeness (QED) is 0.667. The van der Waals surface area contributed by atoms with Crippen LogP contribution in [0.4, 0.5) is 0 Å². The lowest BCUT2D eigenvalue weighted by atomic mass is 10.1. The molecule has 0 aliphatic carbocycles. The van der Waals surface area contributed by atoms with Gasteiger partial charge in [0.2, 0.25) is 0 Å². The predicted molar refractivity (Wildman–Crippen MR) is 59.8 cm³/mol. The monoisotopic (exact) mass is 206 g/mol. The maximum atomic E-state index is 5.87. The van der Waals surface area contributed by atoms with Crippen molar-refractivity contribution in [2.45, 2.75) is 32.0 Å². The van der Waals surface area contributed by atoms with E-state index in [2.05, 4.69) is 31.2 Å². The van der Waals surface area contributed by atoms with Crippen LogP contribution in [0.15, 0.2) is 30.3 Å². The topological polar surface area (TPSA) is 21.8 Å². The summed E-state index contributed by atoms with van der Waals surface area (Å²) in [5.74, 6) is 0. The van der Waals surface area contributed by atoms with Gasteiger partial charge < -0.3 is 9.47 Å². The third-order valence-electron chi connectivity index (χ3n) is 2.61. The van der Waals surface area contributed by atoms with E-state index in [1.54, 1.807) is 0 Å². The van der Waals surface area contributed by atoms with Crippen molar-refractivity contribution in [3.8, 4) is 0 Å². The molecule has 1 saturated heterocycles. The lowest BCUT2D eigenvalue weighted by Crippen LogP contribution is -2.08. The zero-order chi connectivity index (χ0) is 10.5. The van der Waals surface area contributed by atoms with Crippen molar-refractivity contribution in [2.24, 2.45) is 0 Å². The molecule has 2 heteroatoms. The largest absolute Gasteiger partial charge is 0.371 e. The maximum Gasteiger partial charge on any atom is 0.104 e. The molecule has 2 nitrogen and oxygen atoms in total. The molecule has 0 bridgehead atoms. The van der Waals surface area contributed by atoms with E-state index in [0.717, 1.165) is 26.1 Å². The molecule has 15 heavy (non-hydrogen) atoms. The molecule has 0 radical (unpaired) electrons. The summed E-state index contributed by atoms with van der Waals surface area (Å²) in [6, 6.07) is 10.4. The smallest absolute Gasteiger partial charge is 0.104 e. The van der Waals surface area contributed by atoms with Gasteiger partial charge in [-0.25, -0.2) is 0 Å². The molecule has 0 saturated carbocycles. The lowest BCUT2D eigenvalue weighted by Gasteiger charge is -2.16. The van der Waals surface area contributed by atoms with Crippen molar-refractivity contribution in [3.63, 3.8) is 0 Å². The number of benzene rings is 1. The average molecular weight is 206 g/mol. The van der Waals surface area contributed by atoms with Crippen molar-refractivity contribution in [3.05, 3.63) is 35.9 Å². The first-order valence-electron chi connectivity index (χ1n) is 5.68. The molecule has 0 aromatic heterocycles. The van der Waals surface area contributed by atoms with Gasteiger partial charge in [-0.05, 0) is 12.0 Å². The van der Waals surface area contributed by atoms with Crippen molar-refractivity contribution in [1.29, 1.82) is 0 Å². The zero-order valence-electron chi connectivity index (χ0n) is 9.19. The van der Waals surface area contributed by atoms with Gasteiger partial charge in [0.15, 0.2) is 0 Å². The predicted octanol–water partition coefficient (Wildman–Crippen LogP) is 2.94. The Morgan fingerprint density at radius 2 is 2.13 bits per heavy atom. The first kappa shape index (κ1) is 10.7. The van der Waals surface area contributed by atoms with Crippen LogP contribution < -0.4 is 0 Å². The second-order valence-electron chi connectivity index (χ2n) is 3.98. The molecule has 1 aromatic rings. The molecule has 0 amide bonds. The standard InChI is InChI=1S/C13H18O2/c1-2-6-13(15-10-12-9-14-12)11-7-4-3-5-8-11/h3-5,7-8,12-13H,2,6,9-10H2,1H3/t12-,13+/m1/s1. The van der Waals surface area contributed by atoms with Crippen molar-refractivity contribution in [2.75, 3.05) is 13.2 Å². The highest BCUT2D eigenvalue weighted by Gasteiger charge is 2.24. The Morgan fingerprint density at radius 3 is 2.73 bits per heavy atom. The second kappa shape index (κ2) is 5.29. The van der Waals surface area contributed by atoms with E-state index in [1.807, 2.05) is 6.07 Å². The van der Waals surface area contributed by atoms with Crippen LogP contribution in [0.5, 0.6) is 0 Å². The van der Waals surface area contributed by atoms with E-state index in [1.165, 1.54) is 5.56 Å². The Hall–Kier alpha value is -0.860. The number of epoxide rings is 1. The molecule has 1 aliphatic heterocycles. The minimum atomic E-state index is 0.236. The molecule has 2 rings (SSSR count). The van der Waals surface area contributed by atoms with Crippen molar-refractivity contribution < 1.29 is 9.47 Å². The average Bonchev–Trinajstić information content (AvgIpc) is 3.09. The summed E-state index contributed by atoms with van der Waals surface area (Å²) in [4.78, 5) is 0. The van der Waals surface area contributed by atoms with Gasteiger partial charge in [0, 0.05) is 0 Å². The van der Waals surface area contributed by atoms with Crippen LogP contribution in [0.2, 0.25) is 0 Å². The van der Waals surface area contributed by atoms with Crippen LogP contribution in [-0.2, 0) is 9.47 Å². The third-order valence-corrected chi connectivity index (χ3v) is 2.61. The van der Waals surface area contributed by atoms with E-state index in [0.29, 0.717) is 6.10 Å². The molecule has 1 heterocycles. The SMILES string of the molecule is CCC[C@H](OC[C@H]1CO1)c1ccccc1. The van der Waals surface area contributed by atoms with E-state index in [4.69, 9.17) is 9.47 Å². The van der Waals surface area contributed by atoms with Crippen LogP contribution in [0, 0.1) is 0 Å². The highest BCUT2D eigenvalue weighted by Crippen LogP contribution is 2.24. The fourth-order valence-electron chi connectivity index (χ4n) is 1.66. The van der Waals surface area contributed by atoms with E-state index < -0.39 is 0 Å². The Kier molecular flexibility index (Phi) is 3.75. The van der Waals surface area contributed by atoms with E-state index in [-0.39, 0.29) is 6.10 Å². The van der Waals surface area contributed by atoms with Crippen molar-refractivity contribution in [1.82, 2.24) is 0 Å². The summed E-state index contributed by atoms with van der Waals surface area (Å²) >= 11 is 0. The van der Waals surface area contributed by atoms with Gasteiger partial charge >= 0.3 is 0 Å². The Bertz CT molecular complexity index is 280. The lowest BCUT2D eigenvalue weighted by molar-refractivity contribution is 0.0359. The number of rotatable bonds is 6. The summed E-state index contributed by atoms with van der Waals surface area (Å²) in [5, 5.41) is 0. The summed E-state index contributed by atoms with van der Waals surface area (Å²) < 4.78 is 11.0. The Labute approximate surface area is 91.2 Å². The van der Waals surface area contributed by atoms with E-state index in [9.17, 15) is 0 Å². The fraction of sp³-hybridized carbons (Fsp3) is 0.538. The van der Waals surface area contributed by atoms with Crippen LogP contribution in [0.25, 0.3) is 0 Å². The van der Waals surface area contributed by atoms with Crippen LogP contribution >= 0.6 is 0 Å². The van der Waals surface area contributed by atoms with Crippen LogP contribution in [0.1, 0.15) is 31.4 Å². The highest BCUT2D eigenvalue weighted by atomic mass is 16.6. The Morgan fingerprint density at radius 1 is 1.40 bits per heavy atom.